The van der Waals surface area contributed by atoms with Crippen molar-refractivity contribution in [1.82, 2.24) is 0 Å². The van der Waals surface area contributed by atoms with E-state index in [0.29, 0.717) is 5.92 Å². The van der Waals surface area contributed by atoms with E-state index in [4.69, 9.17) is 4.74 Å². The van der Waals surface area contributed by atoms with E-state index in [0.717, 1.165) is 35.4 Å². The Morgan fingerprint density at radius 3 is 2.30 bits per heavy atom. The van der Waals surface area contributed by atoms with Crippen molar-refractivity contribution in [2.45, 2.75) is 33.1 Å². The molecule has 0 aliphatic rings. The Labute approximate surface area is 181 Å². The first-order chi connectivity index (χ1) is 14.5. The Morgan fingerprint density at radius 1 is 0.867 bits per heavy atom. The molecule has 1 nitrogen and oxygen atoms in total. The molecule has 0 aromatic heterocycles. The lowest BCUT2D eigenvalue weighted by Crippen LogP contribution is -2.27. The predicted octanol–water partition coefficient (Wildman–Crippen LogP) is 5.45. The second-order valence-electron chi connectivity index (χ2n) is 8.26. The maximum Gasteiger partial charge on any atom is 0.122 e. The lowest BCUT2D eigenvalue weighted by Gasteiger charge is -2.14. The summed E-state index contributed by atoms with van der Waals surface area (Å²) in [4.78, 5) is 0. The van der Waals surface area contributed by atoms with E-state index in [1.165, 1.54) is 27.8 Å². The first-order valence-electron chi connectivity index (χ1n) is 10.6. The summed E-state index contributed by atoms with van der Waals surface area (Å²) in [6.45, 7) is 12.6. The molecule has 0 spiro atoms. The second kappa shape index (κ2) is 10.1. The monoisotopic (exact) mass is 396 g/mol. The van der Waals surface area contributed by atoms with Crippen LogP contribution < -0.4 is 15.2 Å². The zero-order valence-electron chi connectivity index (χ0n) is 18.4. The standard InChI is InChI=1S/C29H32O/c1-6-10-28-22(4)11-9-14-26(28)20-27-19-23(15-16-29(27)30-5)18-25-13-8-7-12-24(25)17-21(2)3/h6-16,19,21H,1,4,17-18,20H2,2-3,5H3/b28-10+. The molecule has 0 fully saturated rings. The first-order valence-corrected chi connectivity index (χ1v) is 10.6. The Morgan fingerprint density at radius 2 is 1.60 bits per heavy atom. The van der Waals surface area contributed by atoms with E-state index in [9.17, 15) is 0 Å². The summed E-state index contributed by atoms with van der Waals surface area (Å²) in [6, 6.07) is 21.6. The van der Waals surface area contributed by atoms with E-state index in [1.807, 2.05) is 18.2 Å². The number of ether oxygens (including phenoxy) is 1. The van der Waals surface area contributed by atoms with E-state index >= 15 is 0 Å². The first kappa shape index (κ1) is 21.6. The van der Waals surface area contributed by atoms with Gasteiger partial charge >= 0.3 is 0 Å². The summed E-state index contributed by atoms with van der Waals surface area (Å²) in [6.07, 6.45) is 6.70. The molecule has 0 unspecified atom stereocenters. The van der Waals surface area contributed by atoms with Gasteiger partial charge in [0.15, 0.2) is 0 Å². The molecule has 3 aromatic carbocycles. The van der Waals surface area contributed by atoms with E-state index in [-0.39, 0.29) is 0 Å². The van der Waals surface area contributed by atoms with Crippen LogP contribution >= 0.6 is 0 Å². The summed E-state index contributed by atoms with van der Waals surface area (Å²) < 4.78 is 5.68. The third-order valence-corrected chi connectivity index (χ3v) is 5.44. The van der Waals surface area contributed by atoms with Gasteiger partial charge in [-0.3, -0.25) is 0 Å². The van der Waals surface area contributed by atoms with Crippen molar-refractivity contribution in [3.63, 3.8) is 0 Å². The van der Waals surface area contributed by atoms with E-state index in [1.54, 1.807) is 7.11 Å². The van der Waals surface area contributed by atoms with Gasteiger partial charge in [0.1, 0.15) is 5.75 Å². The van der Waals surface area contributed by atoms with Crippen LogP contribution in [0.15, 0.2) is 73.3 Å². The normalized spacial score (nSPS) is 11.7. The number of hydrogen-bond donors (Lipinski definition) is 0. The molecule has 0 bridgehead atoms. The third-order valence-electron chi connectivity index (χ3n) is 5.44. The van der Waals surface area contributed by atoms with Gasteiger partial charge in [-0.2, -0.15) is 0 Å². The largest absolute Gasteiger partial charge is 0.496 e. The molecule has 0 aliphatic heterocycles. The fraction of sp³-hybridized carbons (Fsp3) is 0.241. The molecule has 0 saturated heterocycles. The predicted molar refractivity (Wildman–Crippen MR) is 129 cm³/mol. The van der Waals surface area contributed by atoms with Crippen molar-refractivity contribution in [3.05, 3.63) is 112 Å². The van der Waals surface area contributed by atoms with Crippen LogP contribution in [0, 0.1) is 5.92 Å². The molecule has 0 aliphatic carbocycles. The minimum Gasteiger partial charge on any atom is -0.496 e. The number of benzene rings is 3. The topological polar surface area (TPSA) is 9.23 Å². The van der Waals surface area contributed by atoms with Crippen LogP contribution in [0.5, 0.6) is 5.75 Å². The number of hydrogen-bond acceptors (Lipinski definition) is 1. The van der Waals surface area contributed by atoms with E-state index < -0.39 is 0 Å². The van der Waals surface area contributed by atoms with E-state index in [2.05, 4.69) is 81.6 Å². The lowest BCUT2D eigenvalue weighted by atomic mass is 9.92. The Balaban J connectivity index is 1.97. The maximum atomic E-state index is 5.68. The Kier molecular flexibility index (Phi) is 7.30. The van der Waals surface area contributed by atoms with Crippen LogP contribution in [0.1, 0.15) is 41.7 Å². The van der Waals surface area contributed by atoms with Crippen LogP contribution in [0.4, 0.5) is 0 Å². The van der Waals surface area contributed by atoms with Gasteiger partial charge in [0, 0.05) is 6.42 Å². The zero-order chi connectivity index (χ0) is 21.5. The van der Waals surface area contributed by atoms with Crippen LogP contribution in [-0.4, -0.2) is 7.11 Å². The molecule has 0 amide bonds. The van der Waals surface area contributed by atoms with Gasteiger partial charge in [-0.1, -0.05) is 93.8 Å². The molecular formula is C29H32O. The highest BCUT2D eigenvalue weighted by molar-refractivity contribution is 5.46. The summed E-state index contributed by atoms with van der Waals surface area (Å²) in [5.74, 6) is 1.57. The van der Waals surface area contributed by atoms with Crippen molar-refractivity contribution in [2.24, 2.45) is 5.92 Å². The smallest absolute Gasteiger partial charge is 0.122 e. The summed E-state index contributed by atoms with van der Waals surface area (Å²) in [5.41, 5.74) is 6.58. The summed E-state index contributed by atoms with van der Waals surface area (Å²) in [5, 5.41) is 2.16. The molecule has 0 radical (unpaired) electrons. The molecule has 1 heteroatoms. The molecule has 3 aromatic rings. The minimum atomic E-state index is 0.645. The number of methoxy groups -OCH3 is 1. The SMILES string of the molecule is C=C/C=c1/c(Cc2cc(Cc3ccccc3CC(C)C)ccc2OC)cccc1=C. The quantitative estimate of drug-likeness (QED) is 0.492. The van der Waals surface area contributed by atoms with Crippen molar-refractivity contribution < 1.29 is 4.74 Å². The van der Waals surface area contributed by atoms with Crippen molar-refractivity contribution in [1.29, 1.82) is 0 Å². The molecule has 0 atom stereocenters. The molecule has 0 N–H and O–H groups in total. The molecule has 154 valence electrons. The van der Waals surface area contributed by atoms with Gasteiger partial charge < -0.3 is 4.74 Å². The number of allylic oxidation sites excluding steroid dienone is 1. The average Bonchev–Trinajstić information content (AvgIpc) is 2.72. The van der Waals surface area contributed by atoms with Crippen LogP contribution in [0.25, 0.3) is 12.7 Å². The van der Waals surface area contributed by atoms with Crippen LogP contribution in [0.3, 0.4) is 0 Å². The molecule has 0 saturated carbocycles. The van der Waals surface area contributed by atoms with Gasteiger partial charge in [0.2, 0.25) is 0 Å². The number of rotatable bonds is 8. The van der Waals surface area contributed by atoms with Crippen molar-refractivity contribution in [2.75, 3.05) is 7.11 Å². The Hall–Kier alpha value is -3.06. The molecular weight excluding hydrogens is 364 g/mol. The highest BCUT2D eigenvalue weighted by Crippen LogP contribution is 2.25. The zero-order valence-corrected chi connectivity index (χ0v) is 18.4. The highest BCUT2D eigenvalue weighted by Gasteiger charge is 2.10. The highest BCUT2D eigenvalue weighted by atomic mass is 16.5. The molecule has 30 heavy (non-hydrogen) atoms. The van der Waals surface area contributed by atoms with Gasteiger partial charge in [0.05, 0.1) is 7.11 Å². The van der Waals surface area contributed by atoms with Gasteiger partial charge in [-0.15, -0.1) is 0 Å². The maximum absolute atomic E-state index is 5.68. The second-order valence-corrected chi connectivity index (χ2v) is 8.26. The average molecular weight is 397 g/mol. The fourth-order valence-electron chi connectivity index (χ4n) is 4.03. The minimum absolute atomic E-state index is 0.645. The van der Waals surface area contributed by atoms with Crippen molar-refractivity contribution in [3.8, 4) is 5.75 Å². The lowest BCUT2D eigenvalue weighted by molar-refractivity contribution is 0.410. The Bertz CT molecular complexity index is 1120. The van der Waals surface area contributed by atoms with Gasteiger partial charge in [-0.05, 0) is 63.1 Å². The molecule has 0 heterocycles. The third kappa shape index (κ3) is 5.30. The fourth-order valence-corrected chi connectivity index (χ4v) is 4.03. The van der Waals surface area contributed by atoms with Crippen LogP contribution in [-0.2, 0) is 19.3 Å². The van der Waals surface area contributed by atoms with Gasteiger partial charge in [-0.25, -0.2) is 0 Å². The summed E-state index contributed by atoms with van der Waals surface area (Å²) in [7, 11) is 1.74. The van der Waals surface area contributed by atoms with Crippen LogP contribution in [0.2, 0.25) is 0 Å². The van der Waals surface area contributed by atoms with Crippen molar-refractivity contribution >= 4 is 12.7 Å². The van der Waals surface area contributed by atoms with Gasteiger partial charge in [0.25, 0.3) is 0 Å². The summed E-state index contributed by atoms with van der Waals surface area (Å²) >= 11 is 0. The molecule has 3 rings (SSSR count).